The highest BCUT2D eigenvalue weighted by atomic mass is 35.5. The molecule has 1 aromatic carbocycles. The molecule has 1 amide bonds. The van der Waals surface area contributed by atoms with Crippen LogP contribution in [0.3, 0.4) is 0 Å². The molecule has 1 saturated carbocycles. The minimum absolute atomic E-state index is 0.0494. The van der Waals surface area contributed by atoms with Crippen molar-refractivity contribution >= 4 is 72.8 Å². The molecule has 1 aliphatic heterocycles. The number of hydrogen-bond acceptors (Lipinski definition) is 8. The summed E-state index contributed by atoms with van der Waals surface area (Å²) in [5, 5.41) is 5.38. The number of ether oxygens (including phenoxy) is 1. The minimum atomic E-state index is -2.48. The molecule has 0 bridgehead atoms. The second-order valence-corrected chi connectivity index (χ2v) is 13.0. The summed E-state index contributed by atoms with van der Waals surface area (Å²) >= 11 is 11.6. The number of nitrogens with zero attached hydrogens (tertiary/aromatic N) is 3. The van der Waals surface area contributed by atoms with Crippen molar-refractivity contribution in [1.29, 1.82) is 0 Å². The predicted molar refractivity (Wildman–Crippen MR) is 166 cm³/mol. The Morgan fingerprint density at radius 1 is 1.32 bits per heavy atom. The first-order valence-electron chi connectivity index (χ1n) is 12.7. The highest BCUT2D eigenvalue weighted by molar-refractivity contribution is 7.77. The van der Waals surface area contributed by atoms with Crippen molar-refractivity contribution in [2.24, 2.45) is 0 Å². The predicted octanol–water partition coefficient (Wildman–Crippen LogP) is 6.90. The number of benzene rings is 1. The lowest BCUT2D eigenvalue weighted by Gasteiger charge is -2.34. The fourth-order valence-electron chi connectivity index (χ4n) is 4.56. The number of aromatic nitrogens is 2. The van der Waals surface area contributed by atoms with Crippen LogP contribution in [0.25, 0.3) is 23.4 Å². The summed E-state index contributed by atoms with van der Waals surface area (Å²) in [5.41, 5.74) is 3.64. The van der Waals surface area contributed by atoms with E-state index in [9.17, 15) is 9.00 Å². The Kier molecular flexibility index (Phi) is 9.76. The van der Waals surface area contributed by atoms with Crippen molar-refractivity contribution in [2.75, 3.05) is 12.7 Å². The maximum Gasteiger partial charge on any atom is 0.285 e. The highest BCUT2D eigenvalue weighted by Crippen LogP contribution is 2.46. The summed E-state index contributed by atoms with van der Waals surface area (Å²) in [5.74, 6) is 0.465. The monoisotopic (exact) mass is 652 g/mol. The number of allylic oxidation sites excluding steroid dienone is 1. The maximum absolute atomic E-state index is 12.2. The molecule has 5 rings (SSSR count). The zero-order valence-corrected chi connectivity index (χ0v) is 25.9. The average Bonchev–Trinajstić information content (AvgIpc) is 3.58. The molecule has 41 heavy (non-hydrogen) atoms. The van der Waals surface area contributed by atoms with Gasteiger partial charge in [0.25, 0.3) is 17.2 Å². The second-order valence-electron chi connectivity index (χ2n) is 9.45. The van der Waals surface area contributed by atoms with Gasteiger partial charge in [-0.1, -0.05) is 53.7 Å². The van der Waals surface area contributed by atoms with Crippen LogP contribution in [0.15, 0.2) is 47.7 Å². The number of carbonyl (C=O) groups excluding carboxylic acids is 1. The van der Waals surface area contributed by atoms with Crippen molar-refractivity contribution in [3.63, 3.8) is 0 Å². The standard InChI is InChI=1S/C27H27Cl2N4O5PS2/c1-3-16(12-22-18(4-2)25(31-40-22)27(34)32-41(35)36)33-11-10-17(14-39-33)37-13-19-24(30-38-26(19)15-8-9-15)23-20(28)6-5-7-21(23)29/h3-7,12,15,17,39H,1-2,8-11,13-14H2,(H,32,34)(H,35,36)/b16-12+. The molecule has 3 unspecified atom stereocenters. The smallest absolute Gasteiger partial charge is 0.285 e. The summed E-state index contributed by atoms with van der Waals surface area (Å²) in [6.07, 6.45) is 8.99. The van der Waals surface area contributed by atoms with Crippen molar-refractivity contribution in [2.45, 2.75) is 37.9 Å². The van der Waals surface area contributed by atoms with Gasteiger partial charge in [-0.15, -0.1) is 0 Å². The van der Waals surface area contributed by atoms with Gasteiger partial charge in [0.05, 0.1) is 27.6 Å². The first-order valence-corrected chi connectivity index (χ1v) is 16.5. The molecule has 2 aliphatic rings. The lowest BCUT2D eigenvalue weighted by Crippen LogP contribution is -2.30. The molecule has 2 fully saturated rings. The normalized spacial score (nSPS) is 18.9. The molecule has 0 radical (unpaired) electrons. The van der Waals surface area contributed by atoms with Gasteiger partial charge in [0.1, 0.15) is 11.5 Å². The van der Waals surface area contributed by atoms with Gasteiger partial charge in [0.2, 0.25) is 0 Å². The Balaban J connectivity index is 1.26. The Labute approximate surface area is 256 Å². The van der Waals surface area contributed by atoms with E-state index in [-0.39, 0.29) is 11.8 Å². The molecule has 2 aromatic heterocycles. The van der Waals surface area contributed by atoms with Gasteiger partial charge < -0.3 is 13.9 Å². The van der Waals surface area contributed by atoms with E-state index in [1.807, 2.05) is 10.8 Å². The summed E-state index contributed by atoms with van der Waals surface area (Å²) in [7, 11) is 0.448. The Bertz CT molecular complexity index is 1510. The molecular formula is C27H27Cl2N4O5PS2. The summed E-state index contributed by atoms with van der Waals surface area (Å²) in [6, 6.07) is 5.38. The minimum Gasteiger partial charge on any atom is -0.373 e. The van der Waals surface area contributed by atoms with Crippen molar-refractivity contribution in [1.82, 2.24) is 18.9 Å². The van der Waals surface area contributed by atoms with Crippen LogP contribution in [0.2, 0.25) is 10.0 Å². The summed E-state index contributed by atoms with van der Waals surface area (Å²) in [6.45, 7) is 8.86. The maximum atomic E-state index is 12.2. The van der Waals surface area contributed by atoms with E-state index in [0.717, 1.165) is 60.5 Å². The molecule has 216 valence electrons. The molecular weight excluding hydrogens is 626 g/mol. The fourth-order valence-corrected chi connectivity index (χ4v) is 7.59. The number of hydrogen-bond donors (Lipinski definition) is 2. The van der Waals surface area contributed by atoms with Crippen LogP contribution in [0.4, 0.5) is 0 Å². The molecule has 9 nitrogen and oxygen atoms in total. The van der Waals surface area contributed by atoms with E-state index in [0.29, 0.717) is 53.0 Å². The van der Waals surface area contributed by atoms with Gasteiger partial charge in [0, 0.05) is 41.0 Å². The third kappa shape index (κ3) is 6.83. The third-order valence-corrected chi connectivity index (χ3v) is 10.1. The van der Waals surface area contributed by atoms with Crippen LogP contribution in [0.5, 0.6) is 0 Å². The van der Waals surface area contributed by atoms with E-state index in [1.54, 1.807) is 24.3 Å². The molecule has 2 N–H and O–H groups in total. The van der Waals surface area contributed by atoms with E-state index < -0.39 is 17.2 Å². The van der Waals surface area contributed by atoms with Crippen LogP contribution in [0, 0.1) is 0 Å². The van der Waals surface area contributed by atoms with E-state index in [4.69, 9.17) is 37.0 Å². The van der Waals surface area contributed by atoms with Crippen molar-refractivity contribution < 1.29 is 22.8 Å². The van der Waals surface area contributed by atoms with Gasteiger partial charge in [0.15, 0.2) is 5.69 Å². The van der Waals surface area contributed by atoms with Crippen LogP contribution >= 0.6 is 43.5 Å². The zero-order valence-electron chi connectivity index (χ0n) is 21.8. The fraction of sp³-hybridized carbons (Fsp3) is 0.296. The van der Waals surface area contributed by atoms with E-state index in [1.165, 1.54) is 6.08 Å². The SMILES string of the molecule is C=C/C(=C\c1snc(C(=O)NS(=O)O)c1C=C)N1CCC(OCc2c(-c3c(Cl)cccc3Cl)noc2C2CC2)CP1. The first kappa shape index (κ1) is 30.1. The highest BCUT2D eigenvalue weighted by Gasteiger charge is 2.34. The van der Waals surface area contributed by atoms with Crippen LogP contribution in [-0.4, -0.2) is 47.7 Å². The van der Waals surface area contributed by atoms with Gasteiger partial charge in [-0.05, 0) is 63.8 Å². The topological polar surface area (TPSA) is 118 Å². The lowest BCUT2D eigenvalue weighted by molar-refractivity contribution is 0.0435. The first-order chi connectivity index (χ1) is 19.8. The largest absolute Gasteiger partial charge is 0.373 e. The zero-order chi connectivity index (χ0) is 29.1. The lowest BCUT2D eigenvalue weighted by atomic mass is 10.0. The number of halogens is 2. The van der Waals surface area contributed by atoms with Crippen LogP contribution in [-0.2, 0) is 22.6 Å². The molecule has 1 saturated heterocycles. The van der Waals surface area contributed by atoms with Gasteiger partial charge >= 0.3 is 0 Å². The Morgan fingerprint density at radius 3 is 2.68 bits per heavy atom. The number of rotatable bonds is 11. The number of carbonyl (C=O) groups is 1. The summed E-state index contributed by atoms with van der Waals surface area (Å²) < 4.78 is 40.5. The van der Waals surface area contributed by atoms with Gasteiger partial charge in [-0.3, -0.25) is 9.35 Å². The summed E-state index contributed by atoms with van der Waals surface area (Å²) in [4.78, 5) is 12.9. The molecule has 14 heteroatoms. The number of amides is 1. The molecule has 3 heterocycles. The molecule has 0 spiro atoms. The molecule has 3 atom stereocenters. The van der Waals surface area contributed by atoms with Gasteiger partial charge in [-0.2, -0.15) is 4.37 Å². The Hall–Kier alpha value is -2.37. The van der Waals surface area contributed by atoms with E-state index in [2.05, 4.69) is 27.4 Å². The molecule has 3 aromatic rings. The van der Waals surface area contributed by atoms with E-state index >= 15 is 0 Å². The van der Waals surface area contributed by atoms with Crippen LogP contribution in [0.1, 0.15) is 57.4 Å². The van der Waals surface area contributed by atoms with Crippen molar-refractivity contribution in [3.05, 3.63) is 80.6 Å². The van der Waals surface area contributed by atoms with Gasteiger partial charge in [-0.25, -0.2) is 8.93 Å². The average molecular weight is 654 g/mol. The molecule has 1 aliphatic carbocycles. The van der Waals surface area contributed by atoms with Crippen molar-refractivity contribution in [3.8, 4) is 11.3 Å². The quantitative estimate of drug-likeness (QED) is 0.130. The second kappa shape index (κ2) is 13.3. The Morgan fingerprint density at radius 2 is 2.07 bits per heavy atom. The third-order valence-electron chi connectivity index (χ3n) is 6.77. The number of nitrogens with one attached hydrogen (secondary N) is 1. The van der Waals surface area contributed by atoms with Crippen LogP contribution < -0.4 is 4.72 Å².